The number of nitrogens with one attached hydrogen (secondary N) is 3. The number of nitrogens with zero attached hydrogens (tertiary/aromatic N) is 2. The van der Waals surface area contributed by atoms with Gasteiger partial charge in [0.1, 0.15) is 11.6 Å². The summed E-state index contributed by atoms with van der Waals surface area (Å²) in [5, 5.41) is 5.26. The number of carbonyl (C=O) groups is 2. The molecule has 0 unspecified atom stereocenters. The lowest BCUT2D eigenvalue weighted by Gasteiger charge is -2.26. The monoisotopic (exact) mass is 496 g/mol. The molecule has 2 aromatic carbocycles. The van der Waals surface area contributed by atoms with Crippen LogP contribution in [0.1, 0.15) is 26.3 Å². The maximum absolute atomic E-state index is 13.9. The zero-order chi connectivity index (χ0) is 26.4. The van der Waals surface area contributed by atoms with Crippen LogP contribution in [0.5, 0.6) is 0 Å². The zero-order valence-electron chi connectivity index (χ0n) is 20.3. The smallest absolute Gasteiger partial charge is 0.330 e. The van der Waals surface area contributed by atoms with Crippen LogP contribution in [0.15, 0.2) is 58.1 Å². The lowest BCUT2D eigenvalue weighted by molar-refractivity contribution is -0.117. The predicted octanol–water partition coefficient (Wildman–Crippen LogP) is 2.37. The molecule has 2 amide bonds. The summed E-state index contributed by atoms with van der Waals surface area (Å²) in [6.07, 6.45) is 0. The summed E-state index contributed by atoms with van der Waals surface area (Å²) in [7, 11) is 0. The molecule has 0 fully saturated rings. The van der Waals surface area contributed by atoms with Crippen molar-refractivity contribution in [3.63, 3.8) is 0 Å². The van der Waals surface area contributed by atoms with Gasteiger partial charge in [-0.05, 0) is 29.7 Å². The number of aromatic nitrogens is 2. The maximum Gasteiger partial charge on any atom is 0.330 e. The molecule has 0 bridgehead atoms. The van der Waals surface area contributed by atoms with Crippen molar-refractivity contribution in [2.45, 2.75) is 27.3 Å². The largest absolute Gasteiger partial charge is 0.383 e. The first kappa shape index (κ1) is 26.2. The highest BCUT2D eigenvalue weighted by atomic mass is 19.1. The Morgan fingerprint density at radius 1 is 1.14 bits per heavy atom. The van der Waals surface area contributed by atoms with Crippen LogP contribution in [0.2, 0.25) is 0 Å². The number of rotatable bonds is 9. The van der Waals surface area contributed by atoms with Gasteiger partial charge in [0.2, 0.25) is 11.8 Å². The van der Waals surface area contributed by atoms with Gasteiger partial charge < -0.3 is 21.3 Å². The fourth-order valence-corrected chi connectivity index (χ4v) is 3.64. The molecule has 36 heavy (non-hydrogen) atoms. The van der Waals surface area contributed by atoms with Gasteiger partial charge in [0.05, 0.1) is 18.8 Å². The number of amides is 2. The molecule has 11 heteroatoms. The van der Waals surface area contributed by atoms with E-state index in [4.69, 9.17) is 5.73 Å². The molecule has 0 atom stereocenters. The van der Waals surface area contributed by atoms with E-state index >= 15 is 0 Å². The Labute approximate surface area is 206 Å². The zero-order valence-corrected chi connectivity index (χ0v) is 20.3. The van der Waals surface area contributed by atoms with Gasteiger partial charge in [-0.1, -0.05) is 44.2 Å². The van der Waals surface area contributed by atoms with Gasteiger partial charge >= 0.3 is 5.69 Å². The molecular formula is C25H29FN6O4. The van der Waals surface area contributed by atoms with Crippen LogP contribution < -0.4 is 32.5 Å². The number of H-pyrrole nitrogens is 1. The molecule has 10 nitrogen and oxygen atoms in total. The molecule has 1 aromatic heterocycles. The number of anilines is 4. The number of benzene rings is 2. The SMILES string of the molecule is CC(=O)Nc1cc(NCC(=O)N(CC(C)C)c2c(N)n(Cc3ccccc3)c(=O)[nH]c2=O)ccc1F. The fraction of sp³-hybridized carbons (Fsp3) is 0.280. The third-order valence-corrected chi connectivity index (χ3v) is 5.24. The van der Waals surface area contributed by atoms with Gasteiger partial charge in [0.25, 0.3) is 5.56 Å². The van der Waals surface area contributed by atoms with Crippen LogP contribution in [-0.4, -0.2) is 34.5 Å². The first-order valence-corrected chi connectivity index (χ1v) is 11.3. The van der Waals surface area contributed by atoms with Gasteiger partial charge in [0.15, 0.2) is 5.69 Å². The molecule has 5 N–H and O–H groups in total. The van der Waals surface area contributed by atoms with Gasteiger partial charge in [0, 0.05) is 19.2 Å². The quantitative estimate of drug-likeness (QED) is 0.358. The molecule has 190 valence electrons. The van der Waals surface area contributed by atoms with Crippen LogP contribution >= 0.6 is 0 Å². The second-order valence-electron chi connectivity index (χ2n) is 8.69. The third-order valence-electron chi connectivity index (χ3n) is 5.24. The first-order chi connectivity index (χ1) is 17.1. The van der Waals surface area contributed by atoms with E-state index in [0.29, 0.717) is 5.69 Å². The number of hydrogen-bond donors (Lipinski definition) is 4. The van der Waals surface area contributed by atoms with Gasteiger partial charge in [-0.2, -0.15) is 0 Å². The molecule has 3 rings (SSSR count). The van der Waals surface area contributed by atoms with Gasteiger partial charge in [-0.3, -0.25) is 23.9 Å². The first-order valence-electron chi connectivity index (χ1n) is 11.3. The van der Waals surface area contributed by atoms with E-state index in [9.17, 15) is 23.6 Å². The molecule has 0 aliphatic rings. The minimum atomic E-state index is -0.773. The van der Waals surface area contributed by atoms with E-state index < -0.39 is 28.9 Å². The standard InChI is InChI=1S/C25H29FN6O4/c1-15(2)13-31(21(34)12-28-18-9-10-19(26)20(11-18)29-16(3)33)22-23(27)32(25(36)30-24(22)35)14-17-7-5-4-6-8-17/h4-11,15,28H,12-14,27H2,1-3H3,(H,29,33)(H,30,35,36). The minimum absolute atomic E-state index is 0.0283. The summed E-state index contributed by atoms with van der Waals surface area (Å²) >= 11 is 0. The van der Waals surface area contributed by atoms with Crippen LogP contribution in [-0.2, 0) is 16.1 Å². The minimum Gasteiger partial charge on any atom is -0.383 e. The average molecular weight is 497 g/mol. The highest BCUT2D eigenvalue weighted by Crippen LogP contribution is 2.22. The normalized spacial score (nSPS) is 10.8. The Kier molecular flexibility index (Phi) is 8.26. The summed E-state index contributed by atoms with van der Waals surface area (Å²) in [6, 6.07) is 13.0. The van der Waals surface area contributed by atoms with Crippen molar-refractivity contribution in [2.75, 3.05) is 34.4 Å². The van der Waals surface area contributed by atoms with Crippen LogP contribution in [0.4, 0.5) is 27.3 Å². The lowest BCUT2D eigenvalue weighted by atomic mass is 10.2. The summed E-state index contributed by atoms with van der Waals surface area (Å²) in [5.41, 5.74) is 5.85. The molecule has 0 aliphatic heterocycles. The molecule has 0 radical (unpaired) electrons. The highest BCUT2D eigenvalue weighted by Gasteiger charge is 2.25. The van der Waals surface area contributed by atoms with E-state index in [1.54, 1.807) is 0 Å². The van der Waals surface area contributed by atoms with Crippen molar-refractivity contribution >= 4 is 34.7 Å². The van der Waals surface area contributed by atoms with Crippen molar-refractivity contribution < 1.29 is 14.0 Å². The van der Waals surface area contributed by atoms with Crippen molar-refractivity contribution in [3.05, 3.63) is 80.7 Å². The van der Waals surface area contributed by atoms with E-state index in [0.717, 1.165) is 11.6 Å². The number of carbonyl (C=O) groups excluding carboxylic acids is 2. The van der Waals surface area contributed by atoms with Gasteiger partial charge in [-0.25, -0.2) is 9.18 Å². The lowest BCUT2D eigenvalue weighted by Crippen LogP contribution is -2.44. The Balaban J connectivity index is 1.92. The third kappa shape index (κ3) is 6.38. The van der Waals surface area contributed by atoms with Crippen LogP contribution in [0.25, 0.3) is 0 Å². The summed E-state index contributed by atoms with van der Waals surface area (Å²) in [6.45, 7) is 5.02. The second kappa shape index (κ2) is 11.3. The topological polar surface area (TPSA) is 142 Å². The van der Waals surface area contributed by atoms with E-state index in [-0.39, 0.29) is 42.7 Å². The van der Waals surface area contributed by atoms with Crippen LogP contribution in [0, 0.1) is 11.7 Å². The number of nitrogens with two attached hydrogens (primary N) is 1. The molecule has 0 spiro atoms. The van der Waals surface area contributed by atoms with E-state index in [2.05, 4.69) is 15.6 Å². The van der Waals surface area contributed by atoms with Crippen LogP contribution in [0.3, 0.4) is 0 Å². The van der Waals surface area contributed by atoms with E-state index in [1.165, 1.54) is 28.5 Å². The molecule has 0 saturated carbocycles. The average Bonchev–Trinajstić information content (AvgIpc) is 2.81. The fourth-order valence-electron chi connectivity index (χ4n) is 3.64. The predicted molar refractivity (Wildman–Crippen MR) is 138 cm³/mol. The Morgan fingerprint density at radius 3 is 2.47 bits per heavy atom. The summed E-state index contributed by atoms with van der Waals surface area (Å²) in [4.78, 5) is 53.4. The maximum atomic E-state index is 13.9. The van der Waals surface area contributed by atoms with Gasteiger partial charge in [-0.15, -0.1) is 0 Å². The van der Waals surface area contributed by atoms with Crippen molar-refractivity contribution in [1.29, 1.82) is 0 Å². The summed E-state index contributed by atoms with van der Waals surface area (Å²) in [5.74, 6) is -1.71. The van der Waals surface area contributed by atoms with Crippen molar-refractivity contribution in [1.82, 2.24) is 9.55 Å². The summed E-state index contributed by atoms with van der Waals surface area (Å²) < 4.78 is 15.1. The molecule has 0 saturated heterocycles. The molecular weight excluding hydrogens is 467 g/mol. The number of nitrogen functional groups attached to an aromatic ring is 1. The van der Waals surface area contributed by atoms with E-state index in [1.807, 2.05) is 44.2 Å². The second-order valence-corrected chi connectivity index (χ2v) is 8.69. The molecule has 0 aliphatic carbocycles. The Morgan fingerprint density at radius 2 is 1.83 bits per heavy atom. The Hall–Kier alpha value is -4.41. The number of aromatic amines is 1. The highest BCUT2D eigenvalue weighted by molar-refractivity contribution is 5.98. The molecule has 1 heterocycles. The number of halogens is 1. The van der Waals surface area contributed by atoms with Crippen molar-refractivity contribution in [3.8, 4) is 0 Å². The number of hydrogen-bond acceptors (Lipinski definition) is 6. The van der Waals surface area contributed by atoms with Crippen molar-refractivity contribution in [2.24, 2.45) is 5.92 Å². The Bertz CT molecular complexity index is 1370. The molecule has 3 aromatic rings.